The molecule has 0 saturated heterocycles. The number of furan rings is 1. The van der Waals surface area contributed by atoms with E-state index in [-0.39, 0.29) is 5.76 Å². The minimum absolute atomic E-state index is 0.169. The highest BCUT2D eigenvalue weighted by Crippen LogP contribution is 2.12. The Kier molecular flexibility index (Phi) is 1.96. The molecule has 0 fully saturated rings. The fourth-order valence-electron chi connectivity index (χ4n) is 0.844. The van der Waals surface area contributed by atoms with Crippen LogP contribution >= 0.6 is 0 Å². The number of rotatable bonds is 2. The van der Waals surface area contributed by atoms with E-state index in [0.29, 0.717) is 12.3 Å². The van der Waals surface area contributed by atoms with Gasteiger partial charge >= 0.3 is 0 Å². The van der Waals surface area contributed by atoms with Crippen LogP contribution in [0.4, 0.5) is 0 Å². The Morgan fingerprint density at radius 1 is 1.73 bits per heavy atom. The van der Waals surface area contributed by atoms with Gasteiger partial charge in [-0.3, -0.25) is 4.79 Å². The first-order valence-electron chi connectivity index (χ1n) is 3.24. The molecule has 0 saturated carbocycles. The highest BCUT2D eigenvalue weighted by atomic mass is 16.3. The van der Waals surface area contributed by atoms with Crippen LogP contribution in [0.5, 0.6) is 0 Å². The van der Waals surface area contributed by atoms with E-state index >= 15 is 0 Å². The minimum Gasteiger partial charge on any atom is -0.456 e. The van der Waals surface area contributed by atoms with Crippen molar-refractivity contribution in [2.45, 2.75) is 13.5 Å². The Morgan fingerprint density at radius 2 is 2.36 bits per heavy atom. The zero-order chi connectivity index (χ0) is 8.43. The second kappa shape index (κ2) is 2.75. The molecule has 0 atom stereocenters. The van der Waals surface area contributed by atoms with Crippen molar-refractivity contribution in [1.29, 1.82) is 0 Å². The summed E-state index contributed by atoms with van der Waals surface area (Å²) in [5.41, 5.74) is 11.1. The molecule has 4 heteroatoms. The first-order chi connectivity index (χ1) is 5.15. The number of hydrogen-bond acceptors (Lipinski definition) is 3. The van der Waals surface area contributed by atoms with Crippen molar-refractivity contribution < 1.29 is 9.21 Å². The lowest BCUT2D eigenvalue weighted by Gasteiger charge is -1.86. The van der Waals surface area contributed by atoms with Gasteiger partial charge in [-0.25, -0.2) is 0 Å². The summed E-state index contributed by atoms with van der Waals surface area (Å²) in [5, 5.41) is 0. The molecule has 1 amide bonds. The third-order valence-electron chi connectivity index (χ3n) is 1.48. The lowest BCUT2D eigenvalue weighted by Crippen LogP contribution is -2.09. The van der Waals surface area contributed by atoms with E-state index < -0.39 is 5.91 Å². The zero-order valence-electron chi connectivity index (χ0n) is 6.26. The Hall–Kier alpha value is -1.29. The van der Waals surface area contributed by atoms with Crippen LogP contribution in [0.15, 0.2) is 10.5 Å². The summed E-state index contributed by atoms with van der Waals surface area (Å²) < 4.78 is 5.01. The molecule has 0 radical (unpaired) electrons. The predicted molar refractivity (Wildman–Crippen MR) is 39.9 cm³/mol. The first-order valence-corrected chi connectivity index (χ1v) is 3.24. The molecule has 60 valence electrons. The van der Waals surface area contributed by atoms with E-state index in [9.17, 15) is 4.79 Å². The van der Waals surface area contributed by atoms with Crippen LogP contribution in [0.2, 0.25) is 0 Å². The molecule has 4 nitrogen and oxygen atoms in total. The molecule has 0 unspecified atom stereocenters. The van der Waals surface area contributed by atoms with E-state index in [4.69, 9.17) is 15.9 Å². The number of nitrogens with two attached hydrogens (primary N) is 2. The summed E-state index contributed by atoms with van der Waals surface area (Å²) in [7, 11) is 0. The number of primary amides is 1. The van der Waals surface area contributed by atoms with Gasteiger partial charge in [-0.05, 0) is 13.0 Å². The summed E-state index contributed by atoms with van der Waals surface area (Å²) in [6, 6.07) is 1.57. The molecule has 1 rings (SSSR count). The lowest BCUT2D eigenvalue weighted by molar-refractivity contribution is 0.0972. The maximum atomic E-state index is 10.6. The fourth-order valence-corrected chi connectivity index (χ4v) is 0.844. The molecule has 0 aromatic carbocycles. The predicted octanol–water partition coefficient (Wildman–Crippen LogP) is 0.146. The van der Waals surface area contributed by atoms with Crippen molar-refractivity contribution in [1.82, 2.24) is 0 Å². The molecular weight excluding hydrogens is 144 g/mol. The molecular formula is C7H10N2O2. The van der Waals surface area contributed by atoms with Crippen LogP contribution in [0.25, 0.3) is 0 Å². The van der Waals surface area contributed by atoms with E-state index in [0.717, 1.165) is 5.56 Å². The molecule has 1 heterocycles. The summed E-state index contributed by atoms with van der Waals surface area (Å²) in [6.45, 7) is 2.11. The van der Waals surface area contributed by atoms with Crippen molar-refractivity contribution in [3.05, 3.63) is 23.2 Å². The second-order valence-corrected chi connectivity index (χ2v) is 2.26. The number of hydrogen-bond donors (Lipinski definition) is 2. The average Bonchev–Trinajstić information content (AvgIpc) is 2.31. The van der Waals surface area contributed by atoms with Gasteiger partial charge in [-0.1, -0.05) is 0 Å². The second-order valence-electron chi connectivity index (χ2n) is 2.26. The van der Waals surface area contributed by atoms with Crippen molar-refractivity contribution in [3.8, 4) is 0 Å². The topological polar surface area (TPSA) is 82.2 Å². The van der Waals surface area contributed by atoms with E-state index in [1.807, 2.05) is 0 Å². The smallest absolute Gasteiger partial charge is 0.284 e. The third-order valence-corrected chi connectivity index (χ3v) is 1.48. The Bertz CT molecular complexity index is 278. The largest absolute Gasteiger partial charge is 0.456 e. The van der Waals surface area contributed by atoms with Gasteiger partial charge < -0.3 is 15.9 Å². The van der Waals surface area contributed by atoms with Gasteiger partial charge in [0.2, 0.25) is 0 Å². The molecule has 0 aliphatic rings. The van der Waals surface area contributed by atoms with Gasteiger partial charge in [-0.2, -0.15) is 0 Å². The Morgan fingerprint density at radius 3 is 2.64 bits per heavy atom. The van der Waals surface area contributed by atoms with Gasteiger partial charge in [0, 0.05) is 12.1 Å². The fraction of sp³-hybridized carbons (Fsp3) is 0.286. The standard InChI is InChI=1S/C7H10N2O2/c1-4-5(3-8)2-6(11-4)7(9)10/h2H,3,8H2,1H3,(H2,9,10). The maximum absolute atomic E-state index is 10.6. The molecule has 1 aromatic rings. The van der Waals surface area contributed by atoms with Gasteiger partial charge in [0.05, 0.1) is 0 Å². The van der Waals surface area contributed by atoms with Crippen molar-refractivity contribution >= 4 is 5.91 Å². The van der Waals surface area contributed by atoms with E-state index in [2.05, 4.69) is 0 Å². The highest BCUT2D eigenvalue weighted by Gasteiger charge is 2.09. The highest BCUT2D eigenvalue weighted by molar-refractivity contribution is 5.90. The minimum atomic E-state index is -0.562. The maximum Gasteiger partial charge on any atom is 0.284 e. The van der Waals surface area contributed by atoms with Crippen molar-refractivity contribution in [2.24, 2.45) is 11.5 Å². The molecule has 1 aromatic heterocycles. The van der Waals surface area contributed by atoms with Crippen molar-refractivity contribution in [2.75, 3.05) is 0 Å². The number of amides is 1. The van der Waals surface area contributed by atoms with Crippen LogP contribution in [-0.4, -0.2) is 5.91 Å². The summed E-state index contributed by atoms with van der Waals surface area (Å²) in [6.07, 6.45) is 0. The summed E-state index contributed by atoms with van der Waals surface area (Å²) >= 11 is 0. The number of carbonyl (C=O) groups is 1. The van der Waals surface area contributed by atoms with E-state index in [1.54, 1.807) is 13.0 Å². The summed E-state index contributed by atoms with van der Waals surface area (Å²) in [5.74, 6) is 0.261. The first kappa shape index (κ1) is 7.81. The Balaban J connectivity index is 3.05. The van der Waals surface area contributed by atoms with Crippen LogP contribution in [-0.2, 0) is 6.54 Å². The number of carbonyl (C=O) groups excluding carboxylic acids is 1. The van der Waals surface area contributed by atoms with Crippen molar-refractivity contribution in [3.63, 3.8) is 0 Å². The lowest BCUT2D eigenvalue weighted by atomic mass is 10.2. The quantitative estimate of drug-likeness (QED) is 0.635. The van der Waals surface area contributed by atoms with Gasteiger partial charge in [-0.15, -0.1) is 0 Å². The van der Waals surface area contributed by atoms with E-state index in [1.165, 1.54) is 0 Å². The monoisotopic (exact) mass is 154 g/mol. The zero-order valence-corrected chi connectivity index (χ0v) is 6.26. The molecule has 0 bridgehead atoms. The summed E-state index contributed by atoms with van der Waals surface area (Å²) in [4.78, 5) is 10.6. The SMILES string of the molecule is Cc1oc(C(N)=O)cc1CN. The normalized spacial score (nSPS) is 10.0. The van der Waals surface area contributed by atoms with Gasteiger partial charge in [0.25, 0.3) is 5.91 Å². The van der Waals surface area contributed by atoms with Crippen LogP contribution < -0.4 is 11.5 Å². The van der Waals surface area contributed by atoms with Gasteiger partial charge in [0.1, 0.15) is 5.76 Å². The van der Waals surface area contributed by atoms with Crippen LogP contribution in [0.1, 0.15) is 21.9 Å². The average molecular weight is 154 g/mol. The number of aryl methyl sites for hydroxylation is 1. The molecule has 0 spiro atoms. The Labute approximate surface area is 64.2 Å². The molecule has 0 aliphatic heterocycles. The molecule has 0 aliphatic carbocycles. The van der Waals surface area contributed by atoms with Gasteiger partial charge in [0.15, 0.2) is 5.76 Å². The van der Waals surface area contributed by atoms with Crippen LogP contribution in [0, 0.1) is 6.92 Å². The third kappa shape index (κ3) is 1.40. The van der Waals surface area contributed by atoms with Crippen LogP contribution in [0.3, 0.4) is 0 Å². The molecule has 4 N–H and O–H groups in total. The molecule has 11 heavy (non-hydrogen) atoms.